The van der Waals surface area contributed by atoms with Crippen molar-refractivity contribution in [1.82, 2.24) is 10.8 Å². The van der Waals surface area contributed by atoms with E-state index in [0.29, 0.717) is 5.33 Å². The average molecular weight is 205 g/mol. The zero-order valence-electron chi connectivity index (χ0n) is 8.32. The second-order valence-electron chi connectivity index (χ2n) is 3.03. The van der Waals surface area contributed by atoms with E-state index in [4.69, 9.17) is 24.3 Å². The molecule has 8 heteroatoms. The molecule has 0 spiro atoms. The van der Waals surface area contributed by atoms with Crippen LogP contribution in [0.1, 0.15) is 0 Å². The van der Waals surface area contributed by atoms with Crippen LogP contribution in [-0.4, -0.2) is 65.7 Å². The van der Waals surface area contributed by atoms with Crippen LogP contribution in [0, 0.1) is 0 Å². The van der Waals surface area contributed by atoms with Crippen LogP contribution >= 0.6 is 0 Å². The van der Waals surface area contributed by atoms with Gasteiger partial charge >= 0.3 is 0 Å². The van der Waals surface area contributed by atoms with Gasteiger partial charge in [0.15, 0.2) is 6.29 Å². The highest BCUT2D eigenvalue weighted by atomic mass is 16.6. The maximum atomic E-state index is 9.43. The molecule has 0 aromatic rings. The Hall–Kier alpha value is -0.215. The molecule has 14 heavy (non-hydrogen) atoms. The molecule has 0 aromatic heterocycles. The Morgan fingerprint density at radius 1 is 1.21 bits per heavy atom. The predicted octanol–water partition coefficient (Wildman–Crippen LogP) is -4.04. The van der Waals surface area contributed by atoms with Crippen molar-refractivity contribution in [2.75, 3.05) is 6.54 Å². The van der Waals surface area contributed by atoms with E-state index >= 15 is 0 Å². The van der Waals surface area contributed by atoms with Gasteiger partial charge in [0.05, 0.1) is 0 Å². The second-order valence-corrected chi connectivity index (χ2v) is 3.03. The summed E-state index contributed by atoms with van der Waals surface area (Å²) in [6, 6.07) is 0. The molecule has 1 heterocycles. The Bertz CT molecular complexity index is 212. The number of hydrogen-bond acceptors (Lipinski definition) is 7. The first kappa shape index (κ1) is 10.3. The van der Waals surface area contributed by atoms with Gasteiger partial charge in [-0.1, -0.05) is 0 Å². The average Bonchev–Trinajstić information content (AvgIpc) is 2.18. The van der Waals surface area contributed by atoms with E-state index in [9.17, 15) is 10.2 Å². The lowest BCUT2D eigenvalue weighted by molar-refractivity contribution is -0.280. The molecule has 6 N–H and O–H groups in total. The Morgan fingerprint density at radius 3 is 2.43 bits per heavy atom. The molecular weight excluding hydrogens is 191 g/mol. The lowest BCUT2D eigenvalue weighted by Gasteiger charge is -2.38. The minimum absolute atomic E-state index is 0.0813. The third-order valence-corrected chi connectivity index (χ3v) is 2.07. The first-order valence-corrected chi connectivity index (χ1v) is 4.08. The lowest BCUT2D eigenvalue weighted by atomic mass is 9.99. The van der Waals surface area contributed by atoms with Crippen molar-refractivity contribution in [2.24, 2.45) is 0 Å². The van der Waals surface area contributed by atoms with Crippen molar-refractivity contribution in [3.63, 3.8) is 0 Å². The van der Waals surface area contributed by atoms with Crippen molar-refractivity contribution in [3.8, 4) is 0 Å². The van der Waals surface area contributed by atoms with Gasteiger partial charge in [-0.25, -0.2) is 0 Å². The zero-order chi connectivity index (χ0) is 11.6. The summed E-state index contributed by atoms with van der Waals surface area (Å²) < 4.78 is 11.6. The summed E-state index contributed by atoms with van der Waals surface area (Å²) in [6.45, 7) is -0.0813. The molecule has 1 aliphatic heterocycles. The van der Waals surface area contributed by atoms with E-state index < -0.39 is 30.7 Å². The molecule has 0 aliphatic carbocycles. The summed E-state index contributed by atoms with van der Waals surface area (Å²) in [4.78, 5) is 0. The number of nitrogens with one attached hydrogen (secondary N) is 2. The molecule has 5 atom stereocenters. The molecular formula is C6H13BN2O5. The van der Waals surface area contributed by atoms with Crippen LogP contribution < -0.4 is 10.8 Å². The van der Waals surface area contributed by atoms with E-state index in [1.165, 1.54) is 0 Å². The molecule has 80 valence electrons. The highest BCUT2D eigenvalue weighted by Crippen LogP contribution is 2.18. The van der Waals surface area contributed by atoms with Crippen LogP contribution in [0.2, 0.25) is 1.41 Å². The van der Waals surface area contributed by atoms with Crippen LogP contribution in [0.25, 0.3) is 0 Å². The maximum Gasteiger partial charge on any atom is 0.201 e. The standard InChI is InChI=1S/C6H13BN2O5/c7-9-8-1-2-3(10)4(11)5(12)6(13)14-2/h2-6,8-13H,1H2/t2?,3-,4-,5?,6?/m1/s1/i9D. The maximum absolute atomic E-state index is 9.43. The fraction of sp³-hybridized carbons (Fsp3) is 1.00. The summed E-state index contributed by atoms with van der Waals surface area (Å²) in [6.07, 6.45) is -6.96. The summed E-state index contributed by atoms with van der Waals surface area (Å²) in [5, 5.41) is 37.4. The molecule has 0 saturated carbocycles. The second kappa shape index (κ2) is 5.03. The van der Waals surface area contributed by atoms with Crippen molar-refractivity contribution in [1.29, 1.82) is 0 Å². The van der Waals surface area contributed by atoms with Crippen LogP contribution in [-0.2, 0) is 4.74 Å². The van der Waals surface area contributed by atoms with Gasteiger partial charge in [-0.2, -0.15) is 0 Å². The molecule has 2 radical (unpaired) electrons. The van der Waals surface area contributed by atoms with Crippen LogP contribution in [0.3, 0.4) is 0 Å². The van der Waals surface area contributed by atoms with Gasteiger partial charge in [0.25, 0.3) is 0 Å². The van der Waals surface area contributed by atoms with Crippen molar-refractivity contribution < 1.29 is 26.6 Å². The SMILES string of the molecule is [2H]N([B])NCC1OC(O)C(O)[C@H](O)[C@@H]1O. The van der Waals surface area contributed by atoms with E-state index in [2.05, 4.69) is 5.43 Å². The Morgan fingerprint density at radius 2 is 1.86 bits per heavy atom. The van der Waals surface area contributed by atoms with Gasteiger partial charge in [0, 0.05) is 6.54 Å². The van der Waals surface area contributed by atoms with Gasteiger partial charge in [-0.15, -0.1) is 0 Å². The normalized spacial score (nSPS) is 45.2. The van der Waals surface area contributed by atoms with E-state index in [-0.39, 0.29) is 6.54 Å². The van der Waals surface area contributed by atoms with Gasteiger partial charge in [0.2, 0.25) is 7.98 Å². The number of hydrogen-bond donors (Lipinski definition) is 6. The first-order chi connectivity index (χ1) is 6.93. The molecule has 0 amide bonds. The third-order valence-electron chi connectivity index (χ3n) is 2.07. The molecule has 1 rings (SSSR count). The molecule has 0 bridgehead atoms. The number of aliphatic hydroxyl groups excluding tert-OH is 4. The Kier molecular flexibility index (Phi) is 3.70. The van der Waals surface area contributed by atoms with E-state index in [1.807, 2.05) is 0 Å². The molecule has 0 aromatic carbocycles. The number of rotatable bonds is 3. The zero-order valence-corrected chi connectivity index (χ0v) is 7.32. The topological polar surface area (TPSA) is 114 Å². The van der Waals surface area contributed by atoms with Crippen LogP contribution in [0.4, 0.5) is 0 Å². The molecule has 1 aliphatic rings. The minimum Gasteiger partial charge on any atom is -0.388 e. The summed E-state index contributed by atoms with van der Waals surface area (Å²) in [7, 11) is 4.93. The van der Waals surface area contributed by atoms with E-state index in [1.54, 1.807) is 0 Å². The highest BCUT2D eigenvalue weighted by Gasteiger charge is 2.42. The molecule has 1 fully saturated rings. The largest absolute Gasteiger partial charge is 0.388 e. The van der Waals surface area contributed by atoms with E-state index in [0.717, 1.165) is 0 Å². The molecule has 7 nitrogen and oxygen atoms in total. The third kappa shape index (κ3) is 2.42. The van der Waals surface area contributed by atoms with Crippen molar-refractivity contribution in [3.05, 3.63) is 0 Å². The Balaban J connectivity index is 2.51. The first-order valence-electron chi connectivity index (χ1n) is 4.53. The molecule has 3 unspecified atom stereocenters. The molecule has 1 saturated heterocycles. The van der Waals surface area contributed by atoms with Crippen molar-refractivity contribution in [2.45, 2.75) is 30.7 Å². The summed E-state index contributed by atoms with van der Waals surface area (Å²) >= 11 is 0. The van der Waals surface area contributed by atoms with Crippen molar-refractivity contribution >= 4 is 7.98 Å². The number of aliphatic hydroxyl groups is 4. The predicted molar refractivity (Wildman–Crippen MR) is 45.8 cm³/mol. The smallest absolute Gasteiger partial charge is 0.201 e. The Labute approximate surface area is 83.6 Å². The highest BCUT2D eigenvalue weighted by molar-refractivity contribution is 6.03. The number of hydrazine groups is 1. The minimum atomic E-state index is -1.58. The fourth-order valence-electron chi connectivity index (χ4n) is 1.24. The number of ether oxygens (including phenoxy) is 1. The monoisotopic (exact) mass is 205 g/mol. The van der Waals surface area contributed by atoms with Gasteiger partial charge in [-0.3, -0.25) is 5.43 Å². The lowest BCUT2D eigenvalue weighted by Crippen LogP contribution is -2.60. The van der Waals surface area contributed by atoms with Gasteiger partial charge < -0.3 is 30.5 Å². The quantitative estimate of drug-likeness (QED) is 0.205. The van der Waals surface area contributed by atoms with Crippen LogP contribution in [0.5, 0.6) is 0 Å². The van der Waals surface area contributed by atoms with Crippen LogP contribution in [0.15, 0.2) is 0 Å². The summed E-state index contributed by atoms with van der Waals surface area (Å²) in [5.74, 6) is 0. The van der Waals surface area contributed by atoms with Gasteiger partial charge in [0.1, 0.15) is 25.8 Å². The summed E-state index contributed by atoms with van der Waals surface area (Å²) in [5.41, 5.74) is 2.29. The van der Waals surface area contributed by atoms with Gasteiger partial charge in [-0.05, 0) is 0 Å². The fourth-order valence-corrected chi connectivity index (χ4v) is 1.24.